The normalized spacial score (nSPS) is 14.4. The number of rotatable bonds is 4. The van der Waals surface area contributed by atoms with Gasteiger partial charge in [0.05, 0.1) is 5.84 Å². The zero-order chi connectivity index (χ0) is 7.98. The summed E-state index contributed by atoms with van der Waals surface area (Å²) < 4.78 is 0. The fraction of sp³-hybridized carbons (Fsp3) is 0.571. The van der Waals surface area contributed by atoms with Crippen molar-refractivity contribution in [3.05, 3.63) is 12.8 Å². The van der Waals surface area contributed by atoms with Gasteiger partial charge in [0.25, 0.3) is 0 Å². The summed E-state index contributed by atoms with van der Waals surface area (Å²) in [4.78, 5) is 4.10. The van der Waals surface area contributed by atoms with Crippen molar-refractivity contribution in [1.82, 2.24) is 5.32 Å². The van der Waals surface area contributed by atoms with Crippen LogP contribution in [0.1, 0.15) is 20.3 Å². The highest BCUT2D eigenvalue weighted by molar-refractivity contribution is 5.80. The Morgan fingerprint density at radius 2 is 2.50 bits per heavy atom. The first-order chi connectivity index (χ1) is 4.70. The zero-order valence-corrected chi connectivity index (χ0v) is 6.59. The van der Waals surface area contributed by atoms with E-state index in [1.165, 1.54) is 0 Å². The molecule has 3 nitrogen and oxygen atoms in total. The first-order valence-electron chi connectivity index (χ1n) is 3.39. The second-order valence-electron chi connectivity index (χ2n) is 2.02. The molecule has 3 heteroatoms. The van der Waals surface area contributed by atoms with Gasteiger partial charge in [0.15, 0.2) is 0 Å². The summed E-state index contributed by atoms with van der Waals surface area (Å²) in [6.07, 6.45) is 2.44. The molecule has 0 bridgehead atoms. The van der Waals surface area contributed by atoms with Crippen LogP contribution >= 0.6 is 0 Å². The van der Waals surface area contributed by atoms with Gasteiger partial charge in [-0.15, -0.1) is 0 Å². The smallest absolute Gasteiger partial charge is 0.117 e. The van der Waals surface area contributed by atoms with Crippen LogP contribution in [0.15, 0.2) is 17.8 Å². The van der Waals surface area contributed by atoms with E-state index in [1.807, 2.05) is 13.8 Å². The first kappa shape index (κ1) is 9.01. The van der Waals surface area contributed by atoms with E-state index >= 15 is 0 Å². The van der Waals surface area contributed by atoms with Gasteiger partial charge < -0.3 is 11.1 Å². The summed E-state index contributed by atoms with van der Waals surface area (Å²) in [5.41, 5.74) is 5.48. The molecule has 0 amide bonds. The Hall–Kier alpha value is -0.990. The Morgan fingerprint density at radius 3 is 2.90 bits per heavy atom. The number of nitrogens with two attached hydrogens (primary N) is 1. The summed E-state index contributed by atoms with van der Waals surface area (Å²) in [5, 5.41) is 2.91. The molecule has 10 heavy (non-hydrogen) atoms. The maximum atomic E-state index is 5.48. The first-order valence-corrected chi connectivity index (χ1v) is 3.39. The number of hydrogen-bond donors (Lipinski definition) is 2. The van der Waals surface area contributed by atoms with E-state index in [2.05, 4.69) is 16.9 Å². The van der Waals surface area contributed by atoms with Crippen LogP contribution in [0.3, 0.4) is 0 Å². The quantitative estimate of drug-likeness (QED) is 0.450. The molecule has 0 rings (SSSR count). The average molecular weight is 141 g/mol. The topological polar surface area (TPSA) is 50.4 Å². The van der Waals surface area contributed by atoms with Crippen molar-refractivity contribution in [2.75, 3.05) is 0 Å². The molecule has 0 heterocycles. The van der Waals surface area contributed by atoms with Crippen molar-refractivity contribution in [2.24, 2.45) is 10.7 Å². The van der Waals surface area contributed by atoms with Gasteiger partial charge in [-0.1, -0.05) is 13.5 Å². The van der Waals surface area contributed by atoms with Gasteiger partial charge in [-0.05, 0) is 13.1 Å². The fourth-order valence-corrected chi connectivity index (χ4v) is 0.548. The molecule has 3 N–H and O–H groups in total. The molecule has 58 valence electrons. The van der Waals surface area contributed by atoms with E-state index in [4.69, 9.17) is 5.73 Å². The third-order valence-electron chi connectivity index (χ3n) is 1.08. The van der Waals surface area contributed by atoms with Gasteiger partial charge >= 0.3 is 0 Å². The SMILES string of the molecule is C=CNC(C)N=C(N)CC. The number of hydrogen-bond acceptors (Lipinski definition) is 2. The molecule has 1 atom stereocenters. The van der Waals surface area contributed by atoms with E-state index in [0.717, 1.165) is 6.42 Å². The van der Waals surface area contributed by atoms with Crippen molar-refractivity contribution in [2.45, 2.75) is 26.4 Å². The van der Waals surface area contributed by atoms with Gasteiger partial charge in [-0.25, -0.2) is 4.99 Å². The summed E-state index contributed by atoms with van der Waals surface area (Å²) in [6.45, 7) is 7.41. The van der Waals surface area contributed by atoms with E-state index in [0.29, 0.717) is 5.84 Å². The third kappa shape index (κ3) is 3.95. The van der Waals surface area contributed by atoms with E-state index < -0.39 is 0 Å². The summed E-state index contributed by atoms with van der Waals surface area (Å²) in [7, 11) is 0. The molecule has 0 fully saturated rings. The summed E-state index contributed by atoms with van der Waals surface area (Å²) in [5.74, 6) is 0.668. The average Bonchev–Trinajstić information content (AvgIpc) is 1.88. The van der Waals surface area contributed by atoms with Crippen molar-refractivity contribution < 1.29 is 0 Å². The number of amidine groups is 1. The van der Waals surface area contributed by atoms with Crippen LogP contribution in [0.5, 0.6) is 0 Å². The van der Waals surface area contributed by atoms with Gasteiger partial charge in [-0.2, -0.15) is 0 Å². The number of nitrogens with zero attached hydrogens (tertiary/aromatic N) is 1. The van der Waals surface area contributed by atoms with Gasteiger partial charge in [0.2, 0.25) is 0 Å². The summed E-state index contributed by atoms with van der Waals surface area (Å²) in [6, 6.07) is 0. The highest BCUT2D eigenvalue weighted by Crippen LogP contribution is 1.85. The highest BCUT2D eigenvalue weighted by atomic mass is 15.1. The minimum atomic E-state index is 0.0393. The lowest BCUT2D eigenvalue weighted by atomic mass is 10.4. The Bertz CT molecular complexity index is 129. The Labute approximate surface area is 62.0 Å². The molecule has 0 aliphatic rings. The number of nitrogens with one attached hydrogen (secondary N) is 1. The molecule has 0 saturated heterocycles. The molecule has 0 aromatic carbocycles. The lowest BCUT2D eigenvalue weighted by molar-refractivity contribution is 0.671. The second kappa shape index (κ2) is 4.85. The van der Waals surface area contributed by atoms with Crippen molar-refractivity contribution >= 4 is 5.84 Å². The van der Waals surface area contributed by atoms with E-state index in [1.54, 1.807) is 6.20 Å². The molecule has 0 aromatic heterocycles. The Morgan fingerprint density at radius 1 is 1.90 bits per heavy atom. The van der Waals surface area contributed by atoms with Crippen LogP contribution in [0.4, 0.5) is 0 Å². The molecule has 0 radical (unpaired) electrons. The monoisotopic (exact) mass is 141 g/mol. The summed E-state index contributed by atoms with van der Waals surface area (Å²) >= 11 is 0. The molecule has 1 unspecified atom stereocenters. The highest BCUT2D eigenvalue weighted by Gasteiger charge is 1.92. The lowest BCUT2D eigenvalue weighted by Gasteiger charge is -2.05. The van der Waals surface area contributed by atoms with Crippen LogP contribution in [-0.2, 0) is 0 Å². The molecular formula is C7H15N3. The van der Waals surface area contributed by atoms with E-state index in [-0.39, 0.29) is 6.17 Å². The lowest BCUT2D eigenvalue weighted by Crippen LogP contribution is -2.22. The third-order valence-corrected chi connectivity index (χ3v) is 1.08. The predicted molar refractivity (Wildman–Crippen MR) is 44.7 cm³/mol. The number of aliphatic imine (C=N–C) groups is 1. The van der Waals surface area contributed by atoms with Crippen molar-refractivity contribution in [3.8, 4) is 0 Å². The van der Waals surface area contributed by atoms with Crippen molar-refractivity contribution in [1.29, 1.82) is 0 Å². The van der Waals surface area contributed by atoms with Gasteiger partial charge in [0.1, 0.15) is 6.17 Å². The van der Waals surface area contributed by atoms with Crippen LogP contribution in [0.2, 0.25) is 0 Å². The minimum Gasteiger partial charge on any atom is -0.387 e. The Kier molecular flexibility index (Phi) is 4.37. The van der Waals surface area contributed by atoms with Gasteiger partial charge in [0, 0.05) is 6.42 Å². The molecule has 0 saturated carbocycles. The standard InChI is InChI=1S/C7H15N3/c1-4-7(8)10-6(3)9-5-2/h5-6,9H,2,4H2,1,3H3,(H2,8,10). The Balaban J connectivity index is 3.73. The maximum Gasteiger partial charge on any atom is 0.117 e. The molecule has 0 aliphatic heterocycles. The predicted octanol–water partition coefficient (Wildman–Crippen LogP) is 0.833. The molecule has 0 spiro atoms. The largest absolute Gasteiger partial charge is 0.387 e. The van der Waals surface area contributed by atoms with Crippen LogP contribution in [0, 0.1) is 0 Å². The van der Waals surface area contributed by atoms with Crippen LogP contribution in [-0.4, -0.2) is 12.0 Å². The molecule has 0 aliphatic carbocycles. The van der Waals surface area contributed by atoms with Crippen LogP contribution < -0.4 is 11.1 Å². The maximum absolute atomic E-state index is 5.48. The van der Waals surface area contributed by atoms with Gasteiger partial charge in [-0.3, -0.25) is 0 Å². The fourth-order valence-electron chi connectivity index (χ4n) is 0.548. The molecular weight excluding hydrogens is 126 g/mol. The second-order valence-corrected chi connectivity index (χ2v) is 2.02. The molecule has 0 aromatic rings. The van der Waals surface area contributed by atoms with E-state index in [9.17, 15) is 0 Å². The van der Waals surface area contributed by atoms with Crippen molar-refractivity contribution in [3.63, 3.8) is 0 Å². The van der Waals surface area contributed by atoms with Crippen LogP contribution in [0.25, 0.3) is 0 Å². The minimum absolute atomic E-state index is 0.0393. The zero-order valence-electron chi connectivity index (χ0n) is 6.59.